The third-order valence-corrected chi connectivity index (χ3v) is 3.77. The summed E-state index contributed by atoms with van der Waals surface area (Å²) in [5, 5.41) is 22.2. The summed E-state index contributed by atoms with van der Waals surface area (Å²) in [6.45, 7) is 3.06. The highest BCUT2D eigenvalue weighted by Gasteiger charge is 2.28. The number of hydrogen-bond acceptors (Lipinski definition) is 6. The van der Waals surface area contributed by atoms with Crippen LogP contribution in [-0.4, -0.2) is 21.4 Å². The van der Waals surface area contributed by atoms with Gasteiger partial charge in [0.15, 0.2) is 11.6 Å². The SMILES string of the molecule is Cc1cccc([N+](=O)[O-])c1C(=O)CC(=O)c1c(C)cccc1[N+](=O)[O-]. The molecule has 2 aromatic rings. The van der Waals surface area contributed by atoms with Crippen LogP contribution in [0.3, 0.4) is 0 Å². The Morgan fingerprint density at radius 2 is 1.16 bits per heavy atom. The molecule has 0 amide bonds. The average molecular weight is 342 g/mol. The van der Waals surface area contributed by atoms with Crippen LogP contribution in [0.25, 0.3) is 0 Å². The van der Waals surface area contributed by atoms with Crippen LogP contribution in [0.15, 0.2) is 36.4 Å². The number of benzene rings is 2. The van der Waals surface area contributed by atoms with Crippen molar-refractivity contribution in [1.29, 1.82) is 0 Å². The van der Waals surface area contributed by atoms with Gasteiger partial charge in [-0.3, -0.25) is 29.8 Å². The first-order chi connectivity index (χ1) is 11.7. The zero-order valence-corrected chi connectivity index (χ0v) is 13.5. The molecule has 0 aliphatic rings. The van der Waals surface area contributed by atoms with Crippen LogP contribution in [-0.2, 0) is 0 Å². The second-order valence-electron chi connectivity index (χ2n) is 5.48. The van der Waals surface area contributed by atoms with E-state index in [0.29, 0.717) is 11.1 Å². The van der Waals surface area contributed by atoms with E-state index in [0.717, 1.165) is 0 Å². The molecule has 0 heterocycles. The van der Waals surface area contributed by atoms with Crippen molar-refractivity contribution in [3.63, 3.8) is 0 Å². The van der Waals surface area contributed by atoms with E-state index in [1.165, 1.54) is 50.2 Å². The second kappa shape index (κ2) is 7.00. The summed E-state index contributed by atoms with van der Waals surface area (Å²) < 4.78 is 0. The molecule has 8 heteroatoms. The number of ketones is 2. The molecule has 2 aromatic carbocycles. The molecule has 0 N–H and O–H groups in total. The fraction of sp³-hybridized carbons (Fsp3) is 0.176. The Bertz CT molecular complexity index is 831. The largest absolute Gasteiger partial charge is 0.293 e. The molecule has 0 bridgehead atoms. The minimum absolute atomic E-state index is 0.155. The van der Waals surface area contributed by atoms with E-state index < -0.39 is 39.2 Å². The Morgan fingerprint density at radius 3 is 1.48 bits per heavy atom. The molecule has 0 saturated heterocycles. The standard InChI is InChI=1S/C17H14N2O6/c1-10-5-3-7-12(18(22)23)16(10)14(20)9-15(21)17-11(2)6-4-8-13(17)19(24)25/h3-8H,9H2,1-2H3. The zero-order chi connectivity index (χ0) is 18.7. The van der Waals surface area contributed by atoms with Crippen molar-refractivity contribution in [3.8, 4) is 0 Å². The molecule has 0 atom stereocenters. The Morgan fingerprint density at radius 1 is 0.800 bits per heavy atom. The molecule has 0 fully saturated rings. The number of carbonyl (C=O) groups is 2. The van der Waals surface area contributed by atoms with Crippen LogP contribution in [0.5, 0.6) is 0 Å². The van der Waals surface area contributed by atoms with E-state index >= 15 is 0 Å². The van der Waals surface area contributed by atoms with Gasteiger partial charge in [-0.1, -0.05) is 24.3 Å². The zero-order valence-electron chi connectivity index (χ0n) is 13.5. The fourth-order valence-electron chi connectivity index (χ4n) is 2.66. The molecule has 2 rings (SSSR count). The van der Waals surface area contributed by atoms with E-state index in [1.807, 2.05) is 0 Å². The van der Waals surface area contributed by atoms with Gasteiger partial charge in [-0.25, -0.2) is 0 Å². The number of hydrogen-bond donors (Lipinski definition) is 0. The topological polar surface area (TPSA) is 120 Å². The van der Waals surface area contributed by atoms with Crippen molar-refractivity contribution in [2.45, 2.75) is 20.3 Å². The molecule has 0 saturated carbocycles. The van der Waals surface area contributed by atoms with Crippen LogP contribution < -0.4 is 0 Å². The van der Waals surface area contributed by atoms with Crippen LogP contribution in [0.4, 0.5) is 11.4 Å². The van der Waals surface area contributed by atoms with E-state index in [-0.39, 0.29) is 11.1 Å². The summed E-state index contributed by atoms with van der Waals surface area (Å²) in [5.41, 5.74) is -0.360. The first kappa shape index (κ1) is 17.9. The molecule has 0 aliphatic heterocycles. The van der Waals surface area contributed by atoms with Crippen molar-refractivity contribution in [2.75, 3.05) is 0 Å². The summed E-state index contributed by atoms with van der Waals surface area (Å²) in [7, 11) is 0. The van der Waals surface area contributed by atoms with E-state index in [2.05, 4.69) is 0 Å². The molecule has 128 valence electrons. The van der Waals surface area contributed by atoms with Gasteiger partial charge in [-0.05, 0) is 25.0 Å². The third kappa shape index (κ3) is 3.57. The van der Waals surface area contributed by atoms with Crippen molar-refractivity contribution in [3.05, 3.63) is 78.9 Å². The highest BCUT2D eigenvalue weighted by Crippen LogP contribution is 2.27. The minimum Gasteiger partial charge on any atom is -0.293 e. The molecule has 0 spiro atoms. The Kier molecular flexibility index (Phi) is 5.02. The normalized spacial score (nSPS) is 10.3. The summed E-state index contributed by atoms with van der Waals surface area (Å²) in [6.07, 6.45) is -0.683. The van der Waals surface area contributed by atoms with Crippen molar-refractivity contribution < 1.29 is 19.4 Å². The lowest BCUT2D eigenvalue weighted by Crippen LogP contribution is -2.14. The number of nitro groups is 2. The predicted molar refractivity (Wildman–Crippen MR) is 88.9 cm³/mol. The molecule has 0 radical (unpaired) electrons. The fourth-order valence-corrected chi connectivity index (χ4v) is 2.66. The smallest absolute Gasteiger partial charge is 0.280 e. The Hall–Kier alpha value is -3.42. The molecular formula is C17H14N2O6. The maximum atomic E-state index is 12.5. The molecule has 0 unspecified atom stereocenters. The molecule has 8 nitrogen and oxygen atoms in total. The lowest BCUT2D eigenvalue weighted by Gasteiger charge is -2.08. The van der Waals surface area contributed by atoms with Gasteiger partial charge in [0.1, 0.15) is 0 Å². The summed E-state index contributed by atoms with van der Waals surface area (Å²) in [4.78, 5) is 45.8. The Labute approximate surface area is 142 Å². The van der Waals surface area contributed by atoms with Crippen molar-refractivity contribution in [1.82, 2.24) is 0 Å². The first-order valence-electron chi connectivity index (χ1n) is 7.28. The highest BCUT2D eigenvalue weighted by atomic mass is 16.6. The monoisotopic (exact) mass is 342 g/mol. The van der Waals surface area contributed by atoms with Gasteiger partial charge < -0.3 is 0 Å². The number of aryl methyl sites for hydroxylation is 2. The van der Waals surface area contributed by atoms with Gasteiger partial charge in [-0.15, -0.1) is 0 Å². The average Bonchev–Trinajstić information content (AvgIpc) is 2.53. The molecule has 0 aromatic heterocycles. The van der Waals surface area contributed by atoms with Gasteiger partial charge in [0.25, 0.3) is 11.4 Å². The molecular weight excluding hydrogens is 328 g/mol. The number of rotatable bonds is 6. The lowest BCUT2D eigenvalue weighted by atomic mass is 9.94. The third-order valence-electron chi connectivity index (χ3n) is 3.77. The number of carbonyl (C=O) groups excluding carboxylic acids is 2. The van der Waals surface area contributed by atoms with Gasteiger partial charge in [0.05, 0.1) is 27.4 Å². The van der Waals surface area contributed by atoms with Crippen LogP contribution in [0.2, 0.25) is 0 Å². The van der Waals surface area contributed by atoms with E-state index in [1.54, 1.807) is 0 Å². The van der Waals surface area contributed by atoms with Gasteiger partial charge >= 0.3 is 0 Å². The van der Waals surface area contributed by atoms with Crippen LogP contribution in [0, 0.1) is 34.1 Å². The predicted octanol–water partition coefficient (Wildman–Crippen LogP) is 3.58. The summed E-state index contributed by atoms with van der Waals surface area (Å²) >= 11 is 0. The first-order valence-corrected chi connectivity index (χ1v) is 7.28. The second-order valence-corrected chi connectivity index (χ2v) is 5.48. The van der Waals surface area contributed by atoms with E-state index in [9.17, 15) is 29.8 Å². The number of nitrogens with zero attached hydrogens (tertiary/aromatic N) is 2. The quantitative estimate of drug-likeness (QED) is 0.342. The van der Waals surface area contributed by atoms with Gasteiger partial charge in [0, 0.05) is 12.1 Å². The van der Waals surface area contributed by atoms with Crippen LogP contribution >= 0.6 is 0 Å². The highest BCUT2D eigenvalue weighted by molar-refractivity contribution is 6.17. The summed E-state index contributed by atoms with van der Waals surface area (Å²) in [5.74, 6) is -1.49. The maximum Gasteiger partial charge on any atom is 0.280 e. The van der Waals surface area contributed by atoms with Gasteiger partial charge in [-0.2, -0.15) is 0 Å². The van der Waals surface area contributed by atoms with Gasteiger partial charge in [0.2, 0.25) is 0 Å². The number of Topliss-reactive ketones (excluding diaryl/α,β-unsaturated/α-hetero) is 2. The summed E-state index contributed by atoms with van der Waals surface area (Å²) in [6, 6.07) is 8.31. The van der Waals surface area contributed by atoms with Crippen LogP contribution in [0.1, 0.15) is 38.3 Å². The lowest BCUT2D eigenvalue weighted by molar-refractivity contribution is -0.385. The molecule has 25 heavy (non-hydrogen) atoms. The molecule has 0 aliphatic carbocycles. The maximum absolute atomic E-state index is 12.5. The number of nitro benzene ring substituents is 2. The minimum atomic E-state index is -0.743. The van der Waals surface area contributed by atoms with Crippen molar-refractivity contribution >= 4 is 22.9 Å². The van der Waals surface area contributed by atoms with E-state index in [4.69, 9.17) is 0 Å². The van der Waals surface area contributed by atoms with Crippen molar-refractivity contribution in [2.24, 2.45) is 0 Å². The Balaban J connectivity index is 2.43.